The first-order chi connectivity index (χ1) is 12.0. The fourth-order valence-corrected chi connectivity index (χ4v) is 2.98. The quantitative estimate of drug-likeness (QED) is 0.922. The third-order valence-electron chi connectivity index (χ3n) is 4.74. The molecule has 1 fully saturated rings. The molecule has 0 spiro atoms. The van der Waals surface area contributed by atoms with Crippen molar-refractivity contribution in [3.63, 3.8) is 0 Å². The number of nitrogens with zero attached hydrogens (tertiary/aromatic N) is 2. The molecule has 1 heterocycles. The van der Waals surface area contributed by atoms with Gasteiger partial charge in [0.1, 0.15) is 5.82 Å². The van der Waals surface area contributed by atoms with Gasteiger partial charge in [0, 0.05) is 38.4 Å². The summed E-state index contributed by atoms with van der Waals surface area (Å²) in [7, 11) is 0. The molecule has 0 unspecified atom stereocenters. The molecule has 1 saturated heterocycles. The third kappa shape index (κ3) is 4.57. The number of benzene rings is 2. The Labute approximate surface area is 148 Å². The summed E-state index contributed by atoms with van der Waals surface area (Å²) in [6.07, 6.45) is 0. The van der Waals surface area contributed by atoms with E-state index in [1.807, 2.05) is 42.2 Å². The van der Waals surface area contributed by atoms with E-state index in [0.29, 0.717) is 13.1 Å². The number of carbonyl (C=O) groups excluding carboxylic acids is 1. The van der Waals surface area contributed by atoms with Crippen LogP contribution in [0.15, 0.2) is 42.5 Å². The number of aryl methyl sites for hydroxylation is 2. The molecule has 2 aromatic rings. The fourth-order valence-electron chi connectivity index (χ4n) is 2.98. The molecule has 0 saturated carbocycles. The van der Waals surface area contributed by atoms with E-state index in [0.717, 1.165) is 30.9 Å². The molecule has 0 bridgehead atoms. The smallest absolute Gasteiger partial charge is 0.321 e. The van der Waals surface area contributed by atoms with Crippen LogP contribution in [-0.4, -0.2) is 42.0 Å². The van der Waals surface area contributed by atoms with Gasteiger partial charge < -0.3 is 10.2 Å². The highest BCUT2D eigenvalue weighted by atomic mass is 19.1. The van der Waals surface area contributed by atoms with E-state index in [4.69, 9.17) is 0 Å². The van der Waals surface area contributed by atoms with Crippen LogP contribution in [0.2, 0.25) is 0 Å². The Morgan fingerprint density at radius 3 is 2.32 bits per heavy atom. The van der Waals surface area contributed by atoms with E-state index >= 15 is 0 Å². The van der Waals surface area contributed by atoms with Gasteiger partial charge in [-0.25, -0.2) is 9.18 Å². The molecule has 25 heavy (non-hydrogen) atoms. The minimum Gasteiger partial charge on any atom is -0.322 e. The van der Waals surface area contributed by atoms with Crippen molar-refractivity contribution in [2.45, 2.75) is 20.4 Å². The zero-order valence-electron chi connectivity index (χ0n) is 14.8. The molecular weight excluding hydrogens is 317 g/mol. The Morgan fingerprint density at radius 2 is 1.68 bits per heavy atom. The van der Waals surface area contributed by atoms with E-state index in [1.165, 1.54) is 23.3 Å². The van der Waals surface area contributed by atoms with Gasteiger partial charge in [0.15, 0.2) is 0 Å². The summed E-state index contributed by atoms with van der Waals surface area (Å²) in [6.45, 7) is 7.90. The standard InChI is InChI=1S/C20H24FN3O/c1-15-3-8-19(13-16(15)2)22-20(25)24-11-9-23(10-12-24)14-17-4-6-18(21)7-5-17/h3-8,13H,9-12,14H2,1-2H3,(H,22,25). The van der Waals surface area contributed by atoms with Gasteiger partial charge in [0.05, 0.1) is 0 Å². The molecule has 132 valence electrons. The predicted molar refractivity (Wildman–Crippen MR) is 98.2 cm³/mol. The van der Waals surface area contributed by atoms with Crippen molar-refractivity contribution in [3.05, 3.63) is 65.0 Å². The SMILES string of the molecule is Cc1ccc(NC(=O)N2CCN(Cc3ccc(F)cc3)CC2)cc1C. The van der Waals surface area contributed by atoms with Crippen LogP contribution in [0.4, 0.5) is 14.9 Å². The lowest BCUT2D eigenvalue weighted by Crippen LogP contribution is -2.49. The Bertz CT molecular complexity index is 737. The lowest BCUT2D eigenvalue weighted by molar-refractivity contribution is 0.143. The molecule has 1 aliphatic heterocycles. The van der Waals surface area contributed by atoms with Crippen molar-refractivity contribution < 1.29 is 9.18 Å². The largest absolute Gasteiger partial charge is 0.322 e. The van der Waals surface area contributed by atoms with Crippen molar-refractivity contribution in [2.75, 3.05) is 31.5 Å². The molecular formula is C20H24FN3O. The normalized spacial score (nSPS) is 15.2. The molecule has 3 rings (SSSR count). The zero-order valence-corrected chi connectivity index (χ0v) is 14.8. The van der Waals surface area contributed by atoms with Gasteiger partial charge in [-0.2, -0.15) is 0 Å². The maximum absolute atomic E-state index is 13.0. The number of piperazine rings is 1. The number of rotatable bonds is 3. The van der Waals surface area contributed by atoms with Crippen molar-refractivity contribution in [1.29, 1.82) is 0 Å². The first-order valence-corrected chi connectivity index (χ1v) is 8.61. The van der Waals surface area contributed by atoms with Crippen LogP contribution >= 0.6 is 0 Å². The number of urea groups is 1. The molecule has 2 aromatic carbocycles. The number of hydrogen-bond donors (Lipinski definition) is 1. The summed E-state index contributed by atoms with van der Waals surface area (Å²) in [5.41, 5.74) is 4.31. The minimum atomic E-state index is -0.211. The third-order valence-corrected chi connectivity index (χ3v) is 4.74. The van der Waals surface area contributed by atoms with Crippen molar-refractivity contribution in [1.82, 2.24) is 9.80 Å². The lowest BCUT2D eigenvalue weighted by atomic mass is 10.1. The van der Waals surface area contributed by atoms with Crippen LogP contribution < -0.4 is 5.32 Å². The molecule has 1 aliphatic rings. The summed E-state index contributed by atoms with van der Waals surface area (Å²) < 4.78 is 13.0. The number of anilines is 1. The summed E-state index contributed by atoms with van der Waals surface area (Å²) >= 11 is 0. The number of halogens is 1. The van der Waals surface area contributed by atoms with E-state index in [2.05, 4.69) is 17.1 Å². The van der Waals surface area contributed by atoms with E-state index in [1.54, 1.807) is 0 Å². The summed E-state index contributed by atoms with van der Waals surface area (Å²) in [6, 6.07) is 12.5. The topological polar surface area (TPSA) is 35.6 Å². The van der Waals surface area contributed by atoms with Crippen molar-refractivity contribution in [2.24, 2.45) is 0 Å². The second-order valence-electron chi connectivity index (χ2n) is 6.62. The Balaban J connectivity index is 1.50. The van der Waals surface area contributed by atoms with Gasteiger partial charge in [-0.3, -0.25) is 4.90 Å². The second kappa shape index (κ2) is 7.66. The van der Waals surface area contributed by atoms with Crippen LogP contribution in [0.1, 0.15) is 16.7 Å². The van der Waals surface area contributed by atoms with Crippen LogP contribution in [0, 0.1) is 19.7 Å². The average molecular weight is 341 g/mol. The zero-order chi connectivity index (χ0) is 17.8. The highest BCUT2D eigenvalue weighted by Gasteiger charge is 2.21. The number of hydrogen-bond acceptors (Lipinski definition) is 2. The van der Waals surface area contributed by atoms with E-state index in [-0.39, 0.29) is 11.8 Å². The first-order valence-electron chi connectivity index (χ1n) is 8.61. The maximum Gasteiger partial charge on any atom is 0.321 e. The molecule has 5 heteroatoms. The highest BCUT2D eigenvalue weighted by Crippen LogP contribution is 2.16. The Morgan fingerprint density at radius 1 is 1.00 bits per heavy atom. The average Bonchev–Trinajstić information content (AvgIpc) is 2.61. The first kappa shape index (κ1) is 17.4. The van der Waals surface area contributed by atoms with Gasteiger partial charge in [0.2, 0.25) is 0 Å². The molecule has 2 amide bonds. The summed E-state index contributed by atoms with van der Waals surface area (Å²) in [5, 5.41) is 2.98. The lowest BCUT2D eigenvalue weighted by Gasteiger charge is -2.34. The summed E-state index contributed by atoms with van der Waals surface area (Å²) in [5.74, 6) is -0.211. The van der Waals surface area contributed by atoms with Crippen LogP contribution in [0.5, 0.6) is 0 Å². The minimum absolute atomic E-state index is 0.0512. The number of carbonyl (C=O) groups is 1. The monoisotopic (exact) mass is 341 g/mol. The van der Waals surface area contributed by atoms with Gasteiger partial charge in [-0.15, -0.1) is 0 Å². The van der Waals surface area contributed by atoms with Gasteiger partial charge in [-0.05, 0) is 54.8 Å². The molecule has 0 radical (unpaired) electrons. The Kier molecular flexibility index (Phi) is 5.34. The van der Waals surface area contributed by atoms with Gasteiger partial charge in [0.25, 0.3) is 0 Å². The van der Waals surface area contributed by atoms with Crippen LogP contribution in [0.3, 0.4) is 0 Å². The van der Waals surface area contributed by atoms with E-state index < -0.39 is 0 Å². The van der Waals surface area contributed by atoms with Crippen molar-refractivity contribution >= 4 is 11.7 Å². The highest BCUT2D eigenvalue weighted by molar-refractivity contribution is 5.89. The molecule has 0 aliphatic carbocycles. The van der Waals surface area contributed by atoms with Gasteiger partial charge >= 0.3 is 6.03 Å². The Hall–Kier alpha value is -2.40. The molecule has 0 atom stereocenters. The van der Waals surface area contributed by atoms with Crippen LogP contribution in [0.25, 0.3) is 0 Å². The van der Waals surface area contributed by atoms with Gasteiger partial charge in [-0.1, -0.05) is 18.2 Å². The predicted octanol–water partition coefficient (Wildman–Crippen LogP) is 3.79. The molecule has 4 nitrogen and oxygen atoms in total. The summed E-state index contributed by atoms with van der Waals surface area (Å²) in [4.78, 5) is 16.5. The molecule has 0 aromatic heterocycles. The fraction of sp³-hybridized carbons (Fsp3) is 0.350. The number of amides is 2. The van der Waals surface area contributed by atoms with E-state index in [9.17, 15) is 9.18 Å². The van der Waals surface area contributed by atoms with Crippen molar-refractivity contribution in [3.8, 4) is 0 Å². The maximum atomic E-state index is 13.0. The molecule has 1 N–H and O–H groups in total. The second-order valence-corrected chi connectivity index (χ2v) is 6.62. The number of nitrogens with one attached hydrogen (secondary N) is 1. The van der Waals surface area contributed by atoms with Crippen LogP contribution in [-0.2, 0) is 6.54 Å².